The lowest BCUT2D eigenvalue weighted by Gasteiger charge is -2.20. The molecule has 0 radical (unpaired) electrons. The molecular formula is C13H12ClF3N4O. The minimum absolute atomic E-state index is 0.0736. The number of carbonyl (C=O) groups is 1. The fourth-order valence-electron chi connectivity index (χ4n) is 2.35. The molecule has 1 N–H and O–H groups in total. The van der Waals surface area contributed by atoms with Crippen molar-refractivity contribution in [3.63, 3.8) is 0 Å². The molecule has 0 aliphatic heterocycles. The first kappa shape index (κ1) is 15.1. The number of alkyl halides is 3. The molecule has 1 aliphatic carbocycles. The number of hydrogen-bond acceptors (Lipinski definition) is 3. The van der Waals surface area contributed by atoms with Gasteiger partial charge in [0, 0.05) is 0 Å². The summed E-state index contributed by atoms with van der Waals surface area (Å²) in [7, 11) is 0. The van der Waals surface area contributed by atoms with Crippen LogP contribution in [-0.4, -0.2) is 32.7 Å². The van der Waals surface area contributed by atoms with Crippen molar-refractivity contribution < 1.29 is 18.0 Å². The second kappa shape index (κ2) is 5.12. The molecule has 1 atom stereocenters. The van der Waals surface area contributed by atoms with E-state index >= 15 is 0 Å². The highest BCUT2D eigenvalue weighted by Gasteiger charge is 2.49. The van der Waals surface area contributed by atoms with Crippen molar-refractivity contribution in [2.75, 3.05) is 0 Å². The van der Waals surface area contributed by atoms with Crippen molar-refractivity contribution in [3.8, 4) is 0 Å². The van der Waals surface area contributed by atoms with E-state index in [4.69, 9.17) is 11.6 Å². The summed E-state index contributed by atoms with van der Waals surface area (Å²) in [5.41, 5.74) is 0.980. The highest BCUT2D eigenvalue weighted by molar-refractivity contribution is 6.29. The lowest BCUT2D eigenvalue weighted by Crippen LogP contribution is -2.47. The van der Waals surface area contributed by atoms with E-state index in [2.05, 4.69) is 10.1 Å². The summed E-state index contributed by atoms with van der Waals surface area (Å²) in [5.74, 6) is -1.42. The molecule has 0 bridgehead atoms. The molecule has 22 heavy (non-hydrogen) atoms. The van der Waals surface area contributed by atoms with Crippen molar-refractivity contribution in [2.24, 2.45) is 5.92 Å². The topological polar surface area (TPSA) is 59.3 Å². The molecule has 1 unspecified atom stereocenters. The molecule has 1 saturated carbocycles. The van der Waals surface area contributed by atoms with E-state index in [1.54, 1.807) is 13.0 Å². The fraction of sp³-hybridized carbons (Fsp3) is 0.462. The van der Waals surface area contributed by atoms with Crippen LogP contribution in [0.3, 0.4) is 0 Å². The number of fused-ring (bicyclic) bond motifs is 1. The van der Waals surface area contributed by atoms with E-state index < -0.39 is 24.0 Å². The molecule has 2 heterocycles. The molecule has 0 aromatic carbocycles. The molecule has 2 aromatic rings. The fourth-order valence-corrected chi connectivity index (χ4v) is 2.59. The number of rotatable bonds is 3. The van der Waals surface area contributed by atoms with Gasteiger partial charge in [-0.2, -0.15) is 18.3 Å². The molecule has 1 amide bonds. The van der Waals surface area contributed by atoms with Crippen molar-refractivity contribution in [3.05, 3.63) is 28.7 Å². The quantitative estimate of drug-likeness (QED) is 0.940. The summed E-state index contributed by atoms with van der Waals surface area (Å²) in [4.78, 5) is 16.2. The molecule has 0 saturated heterocycles. The Bertz CT molecular complexity index is 739. The van der Waals surface area contributed by atoms with E-state index in [-0.39, 0.29) is 10.8 Å². The maximum atomic E-state index is 13.0. The molecule has 0 spiro atoms. The van der Waals surface area contributed by atoms with E-state index in [0.29, 0.717) is 24.1 Å². The number of hydrogen-bond donors (Lipinski definition) is 1. The molecule has 5 nitrogen and oxygen atoms in total. The molecule has 3 rings (SSSR count). The normalized spacial score (nSPS) is 16.8. The third kappa shape index (κ3) is 2.75. The first-order valence-electron chi connectivity index (χ1n) is 6.66. The van der Waals surface area contributed by atoms with Gasteiger partial charge in [0.2, 0.25) is 0 Å². The number of nitrogens with zero attached hydrogens (tertiary/aromatic N) is 3. The summed E-state index contributed by atoms with van der Waals surface area (Å²) in [6, 6.07) is -0.278. The SMILES string of the molecule is Cc1cc(Cl)nn2c(C(=O)NC(C3CC3)C(F)(F)F)cnc12. The Hall–Kier alpha value is -1.83. The Kier molecular flexibility index (Phi) is 3.51. The predicted octanol–water partition coefficient (Wildman–Crippen LogP) is 2.76. The van der Waals surface area contributed by atoms with Crippen LogP contribution in [0.5, 0.6) is 0 Å². The van der Waals surface area contributed by atoms with E-state index in [0.717, 1.165) is 4.52 Å². The average Bonchev–Trinajstić information content (AvgIpc) is 3.13. The van der Waals surface area contributed by atoms with Crippen molar-refractivity contribution in [1.29, 1.82) is 0 Å². The first-order chi connectivity index (χ1) is 10.3. The van der Waals surface area contributed by atoms with Crippen LogP contribution >= 0.6 is 11.6 Å². The monoisotopic (exact) mass is 332 g/mol. The van der Waals surface area contributed by atoms with Gasteiger partial charge in [0.25, 0.3) is 5.91 Å². The van der Waals surface area contributed by atoms with Gasteiger partial charge in [-0.25, -0.2) is 9.50 Å². The van der Waals surface area contributed by atoms with Crippen molar-refractivity contribution >= 4 is 23.2 Å². The number of imidazole rings is 1. The smallest absolute Gasteiger partial charge is 0.339 e. The number of carbonyl (C=O) groups excluding carboxylic acids is 1. The minimum atomic E-state index is -4.47. The highest BCUT2D eigenvalue weighted by Crippen LogP contribution is 2.40. The Labute approximate surface area is 128 Å². The van der Waals surface area contributed by atoms with Gasteiger partial charge in [0.05, 0.1) is 6.20 Å². The molecule has 1 fully saturated rings. The second-order valence-electron chi connectivity index (χ2n) is 5.36. The van der Waals surface area contributed by atoms with Crippen molar-refractivity contribution in [2.45, 2.75) is 32.0 Å². The molecule has 9 heteroatoms. The van der Waals surface area contributed by atoms with Gasteiger partial charge in [0.1, 0.15) is 11.2 Å². The van der Waals surface area contributed by atoms with E-state index in [1.807, 2.05) is 5.32 Å². The van der Waals surface area contributed by atoms with Crippen LogP contribution in [-0.2, 0) is 0 Å². The Morgan fingerprint density at radius 2 is 2.18 bits per heavy atom. The third-order valence-corrected chi connectivity index (χ3v) is 3.77. The maximum Gasteiger partial charge on any atom is 0.408 e. The van der Waals surface area contributed by atoms with Gasteiger partial charge in [-0.15, -0.1) is 0 Å². The number of aryl methyl sites for hydroxylation is 1. The summed E-state index contributed by atoms with van der Waals surface area (Å²) >= 11 is 5.82. The van der Waals surface area contributed by atoms with Gasteiger partial charge in [-0.05, 0) is 37.3 Å². The molecule has 1 aliphatic rings. The zero-order chi connectivity index (χ0) is 16.1. The number of aromatic nitrogens is 3. The molecule has 118 valence electrons. The van der Waals surface area contributed by atoms with Crippen LogP contribution in [0.15, 0.2) is 12.3 Å². The van der Waals surface area contributed by atoms with Crippen LogP contribution < -0.4 is 5.32 Å². The first-order valence-corrected chi connectivity index (χ1v) is 7.03. The van der Waals surface area contributed by atoms with E-state index in [1.165, 1.54) is 6.20 Å². The zero-order valence-electron chi connectivity index (χ0n) is 11.5. The van der Waals surface area contributed by atoms with Gasteiger partial charge in [0.15, 0.2) is 11.3 Å². The minimum Gasteiger partial charge on any atom is -0.339 e. The molecule has 2 aromatic heterocycles. The standard InChI is InChI=1S/C13H12ClF3N4O/c1-6-4-9(14)20-21-8(5-18-11(6)21)12(22)19-10(7-2-3-7)13(15,16)17/h4-5,7,10H,2-3H2,1H3,(H,19,22). The summed E-state index contributed by atoms with van der Waals surface area (Å²) in [6.07, 6.45) is -2.36. The maximum absolute atomic E-state index is 13.0. The van der Waals surface area contributed by atoms with Crippen LogP contribution in [0.1, 0.15) is 28.9 Å². The van der Waals surface area contributed by atoms with Crippen molar-refractivity contribution in [1.82, 2.24) is 19.9 Å². The summed E-state index contributed by atoms with van der Waals surface area (Å²) in [6.45, 7) is 1.72. The number of halogens is 4. The van der Waals surface area contributed by atoms with Crippen LogP contribution in [0.4, 0.5) is 13.2 Å². The third-order valence-electron chi connectivity index (χ3n) is 3.59. The number of nitrogens with one attached hydrogen (secondary N) is 1. The lowest BCUT2D eigenvalue weighted by atomic mass is 10.1. The summed E-state index contributed by atoms with van der Waals surface area (Å²) in [5, 5.41) is 6.10. The van der Waals surface area contributed by atoms with Gasteiger partial charge >= 0.3 is 6.18 Å². The van der Waals surface area contributed by atoms with Crippen LogP contribution in [0.2, 0.25) is 5.15 Å². The van der Waals surface area contributed by atoms with E-state index in [9.17, 15) is 18.0 Å². The van der Waals surface area contributed by atoms with Gasteiger partial charge < -0.3 is 5.32 Å². The van der Waals surface area contributed by atoms with Gasteiger partial charge in [-0.1, -0.05) is 11.6 Å². The lowest BCUT2D eigenvalue weighted by molar-refractivity contribution is -0.158. The van der Waals surface area contributed by atoms with Gasteiger partial charge in [-0.3, -0.25) is 4.79 Å². The van der Waals surface area contributed by atoms with Crippen LogP contribution in [0, 0.1) is 12.8 Å². The molecular weight excluding hydrogens is 321 g/mol. The number of amides is 1. The Morgan fingerprint density at radius 3 is 2.77 bits per heavy atom. The largest absolute Gasteiger partial charge is 0.408 e. The second-order valence-corrected chi connectivity index (χ2v) is 5.75. The Morgan fingerprint density at radius 1 is 1.50 bits per heavy atom. The summed E-state index contributed by atoms with van der Waals surface area (Å²) < 4.78 is 40.1. The average molecular weight is 333 g/mol. The zero-order valence-corrected chi connectivity index (χ0v) is 12.2. The highest BCUT2D eigenvalue weighted by atomic mass is 35.5. The predicted molar refractivity (Wildman–Crippen MR) is 72.8 cm³/mol. The van der Waals surface area contributed by atoms with Crippen LogP contribution in [0.25, 0.3) is 5.65 Å². The Balaban J connectivity index is 1.92.